The van der Waals surface area contributed by atoms with Crippen molar-refractivity contribution in [2.24, 2.45) is 0 Å². The Labute approximate surface area is 191 Å². The van der Waals surface area contributed by atoms with Gasteiger partial charge in [0, 0.05) is 28.7 Å². The van der Waals surface area contributed by atoms with Crippen LogP contribution in [0.4, 0.5) is 11.4 Å². The molecule has 2 aromatic rings. The number of aliphatic hydroxyl groups excluding tert-OH is 1. The van der Waals surface area contributed by atoms with E-state index in [1.165, 1.54) is 11.8 Å². The van der Waals surface area contributed by atoms with E-state index >= 15 is 0 Å². The second kappa shape index (κ2) is 9.51. The lowest BCUT2D eigenvalue weighted by molar-refractivity contribution is -0.133. The Kier molecular flexibility index (Phi) is 6.74. The molecule has 164 valence electrons. The molecule has 8 heteroatoms. The Hall–Kier alpha value is -2.22. The molecule has 2 aromatic carbocycles. The standard InChI is InChI=1S/C23H26ClN3O3S/c1-15-7-3-4-8-17(15)25-20(28)14-27-18-10-9-16(24)13-19(18)31-21(23(27)30)22(29)26-11-5-2-6-12-26/h3-4,7-10,13,21,23,30H,2,5-6,11-12,14H2,1H3,(H,25,28). The maximum Gasteiger partial charge on any atom is 0.244 e. The number of nitrogens with one attached hydrogen (secondary N) is 1. The Morgan fingerprint density at radius 3 is 2.65 bits per heavy atom. The molecule has 2 atom stereocenters. The van der Waals surface area contributed by atoms with E-state index in [1.54, 1.807) is 23.1 Å². The number of piperidine rings is 1. The molecular formula is C23H26ClN3O3S. The first kappa shape index (κ1) is 22.0. The van der Waals surface area contributed by atoms with Crippen LogP contribution in [-0.2, 0) is 9.59 Å². The number of nitrogens with zero attached hydrogens (tertiary/aromatic N) is 2. The van der Waals surface area contributed by atoms with Crippen LogP contribution < -0.4 is 10.2 Å². The number of amides is 2. The lowest BCUT2D eigenvalue weighted by Gasteiger charge is -2.41. The van der Waals surface area contributed by atoms with Crippen molar-refractivity contribution >= 4 is 46.6 Å². The van der Waals surface area contributed by atoms with Gasteiger partial charge in [-0.05, 0) is 56.0 Å². The molecule has 0 bridgehead atoms. The van der Waals surface area contributed by atoms with Gasteiger partial charge in [0.2, 0.25) is 11.8 Å². The van der Waals surface area contributed by atoms with Gasteiger partial charge in [0.05, 0.1) is 12.2 Å². The number of carbonyl (C=O) groups is 2. The van der Waals surface area contributed by atoms with Crippen LogP contribution >= 0.6 is 23.4 Å². The van der Waals surface area contributed by atoms with E-state index in [-0.39, 0.29) is 18.4 Å². The van der Waals surface area contributed by atoms with Gasteiger partial charge in [0.25, 0.3) is 0 Å². The Morgan fingerprint density at radius 2 is 1.90 bits per heavy atom. The molecule has 0 radical (unpaired) electrons. The van der Waals surface area contributed by atoms with Crippen LogP contribution in [0, 0.1) is 6.92 Å². The number of para-hydroxylation sites is 1. The van der Waals surface area contributed by atoms with Crippen LogP contribution in [0.15, 0.2) is 47.4 Å². The number of anilines is 2. The fourth-order valence-electron chi connectivity index (χ4n) is 4.03. The van der Waals surface area contributed by atoms with E-state index in [2.05, 4.69) is 5.32 Å². The number of halogens is 1. The fraction of sp³-hybridized carbons (Fsp3) is 0.391. The molecule has 4 rings (SSSR count). The number of likely N-dealkylation sites (tertiary alicyclic amines) is 1. The molecule has 31 heavy (non-hydrogen) atoms. The summed E-state index contributed by atoms with van der Waals surface area (Å²) in [7, 11) is 0. The highest BCUT2D eigenvalue weighted by atomic mass is 35.5. The number of aryl methyl sites for hydroxylation is 1. The zero-order valence-electron chi connectivity index (χ0n) is 17.4. The molecular weight excluding hydrogens is 434 g/mol. The second-order valence-corrected chi connectivity index (χ2v) is 9.56. The van der Waals surface area contributed by atoms with Crippen LogP contribution in [0.2, 0.25) is 5.02 Å². The van der Waals surface area contributed by atoms with Crippen LogP contribution in [0.1, 0.15) is 24.8 Å². The van der Waals surface area contributed by atoms with E-state index in [1.807, 2.05) is 36.1 Å². The summed E-state index contributed by atoms with van der Waals surface area (Å²) >= 11 is 7.52. The maximum atomic E-state index is 13.2. The van der Waals surface area contributed by atoms with Crippen LogP contribution in [0.5, 0.6) is 0 Å². The molecule has 1 fully saturated rings. The summed E-state index contributed by atoms with van der Waals surface area (Å²) in [6, 6.07) is 12.8. The zero-order chi connectivity index (χ0) is 22.0. The highest BCUT2D eigenvalue weighted by Gasteiger charge is 2.41. The highest BCUT2D eigenvalue weighted by molar-refractivity contribution is 8.01. The lowest BCUT2D eigenvalue weighted by Crippen LogP contribution is -2.55. The maximum absolute atomic E-state index is 13.2. The smallest absolute Gasteiger partial charge is 0.244 e. The quantitative estimate of drug-likeness (QED) is 0.725. The molecule has 2 aliphatic heterocycles. The Bertz CT molecular complexity index is 980. The Balaban J connectivity index is 1.58. The first-order valence-corrected chi connectivity index (χ1v) is 11.7. The molecule has 0 aliphatic carbocycles. The second-order valence-electron chi connectivity index (χ2n) is 7.94. The third kappa shape index (κ3) is 4.84. The third-order valence-electron chi connectivity index (χ3n) is 5.72. The molecule has 0 aromatic heterocycles. The van der Waals surface area contributed by atoms with Gasteiger partial charge in [-0.1, -0.05) is 29.8 Å². The van der Waals surface area contributed by atoms with Crippen molar-refractivity contribution in [3.05, 3.63) is 53.1 Å². The van der Waals surface area contributed by atoms with Crippen molar-refractivity contribution in [1.82, 2.24) is 4.90 Å². The number of hydrogen-bond donors (Lipinski definition) is 2. The normalized spacial score (nSPS) is 20.9. The van der Waals surface area contributed by atoms with Crippen molar-refractivity contribution in [3.63, 3.8) is 0 Å². The summed E-state index contributed by atoms with van der Waals surface area (Å²) in [6.07, 6.45) is 1.96. The van der Waals surface area contributed by atoms with Crippen molar-refractivity contribution in [2.75, 3.05) is 29.9 Å². The topological polar surface area (TPSA) is 72.9 Å². The summed E-state index contributed by atoms with van der Waals surface area (Å²) in [5, 5.41) is 13.9. The molecule has 2 aliphatic rings. The van der Waals surface area contributed by atoms with Crippen molar-refractivity contribution in [2.45, 2.75) is 42.6 Å². The van der Waals surface area contributed by atoms with Gasteiger partial charge < -0.3 is 20.2 Å². The molecule has 2 N–H and O–H groups in total. The summed E-state index contributed by atoms with van der Waals surface area (Å²) in [4.78, 5) is 30.3. The van der Waals surface area contributed by atoms with Crippen LogP contribution in [-0.4, -0.2) is 52.9 Å². The van der Waals surface area contributed by atoms with E-state index in [4.69, 9.17) is 11.6 Å². The molecule has 0 saturated carbocycles. The Morgan fingerprint density at radius 1 is 1.16 bits per heavy atom. The number of thioether (sulfide) groups is 1. The number of aliphatic hydroxyl groups is 1. The minimum Gasteiger partial charge on any atom is -0.372 e. The molecule has 1 saturated heterocycles. The number of fused-ring (bicyclic) bond motifs is 1. The van der Waals surface area contributed by atoms with Gasteiger partial charge >= 0.3 is 0 Å². The third-order valence-corrected chi connectivity index (χ3v) is 7.23. The van der Waals surface area contributed by atoms with E-state index < -0.39 is 11.5 Å². The minimum absolute atomic E-state index is 0.0749. The first-order valence-electron chi connectivity index (χ1n) is 10.5. The number of carbonyl (C=O) groups excluding carboxylic acids is 2. The highest BCUT2D eigenvalue weighted by Crippen LogP contribution is 2.43. The van der Waals surface area contributed by atoms with Crippen molar-refractivity contribution in [1.29, 1.82) is 0 Å². The molecule has 2 heterocycles. The van der Waals surface area contributed by atoms with E-state index in [0.717, 1.165) is 35.4 Å². The monoisotopic (exact) mass is 459 g/mol. The largest absolute Gasteiger partial charge is 0.372 e. The van der Waals surface area contributed by atoms with Crippen molar-refractivity contribution in [3.8, 4) is 0 Å². The lowest BCUT2D eigenvalue weighted by atomic mass is 10.1. The number of benzene rings is 2. The van der Waals surface area contributed by atoms with Gasteiger partial charge in [-0.15, -0.1) is 11.8 Å². The average molecular weight is 460 g/mol. The zero-order valence-corrected chi connectivity index (χ0v) is 19.0. The molecule has 2 amide bonds. The van der Waals surface area contributed by atoms with Gasteiger partial charge in [0.1, 0.15) is 11.5 Å². The van der Waals surface area contributed by atoms with E-state index in [9.17, 15) is 14.7 Å². The SMILES string of the molecule is Cc1ccccc1NC(=O)CN1c2ccc(Cl)cc2SC(C(=O)N2CCCCC2)C1O. The van der Waals surface area contributed by atoms with Gasteiger partial charge in [0.15, 0.2) is 0 Å². The first-order chi connectivity index (χ1) is 14.9. The molecule has 6 nitrogen and oxygen atoms in total. The van der Waals surface area contributed by atoms with E-state index in [0.29, 0.717) is 23.8 Å². The summed E-state index contributed by atoms with van der Waals surface area (Å²) < 4.78 is 0. The summed E-state index contributed by atoms with van der Waals surface area (Å²) in [5.41, 5.74) is 2.38. The van der Waals surface area contributed by atoms with Gasteiger partial charge in [-0.2, -0.15) is 0 Å². The summed E-state index contributed by atoms with van der Waals surface area (Å²) in [6.45, 7) is 3.26. The number of rotatable bonds is 4. The number of hydrogen-bond acceptors (Lipinski definition) is 5. The van der Waals surface area contributed by atoms with Gasteiger partial charge in [-0.25, -0.2) is 0 Å². The van der Waals surface area contributed by atoms with Crippen molar-refractivity contribution < 1.29 is 14.7 Å². The molecule has 0 spiro atoms. The summed E-state index contributed by atoms with van der Waals surface area (Å²) in [5.74, 6) is -0.350. The molecule has 2 unspecified atom stereocenters. The van der Waals surface area contributed by atoms with Gasteiger partial charge in [-0.3, -0.25) is 9.59 Å². The minimum atomic E-state index is -1.12. The van der Waals surface area contributed by atoms with Crippen LogP contribution in [0.25, 0.3) is 0 Å². The average Bonchev–Trinajstić information content (AvgIpc) is 2.77. The fourth-order valence-corrected chi connectivity index (χ4v) is 5.56. The predicted molar refractivity (Wildman–Crippen MR) is 125 cm³/mol. The van der Waals surface area contributed by atoms with Crippen LogP contribution in [0.3, 0.4) is 0 Å². The predicted octanol–water partition coefficient (Wildman–Crippen LogP) is 3.90.